The van der Waals surface area contributed by atoms with Crippen molar-refractivity contribution in [3.8, 4) is 0 Å². The first-order valence-corrected chi connectivity index (χ1v) is 11.2. The monoisotopic (exact) mass is 422 g/mol. The number of nitrogens with one attached hydrogen (secondary N) is 2. The molecule has 0 heterocycles. The Morgan fingerprint density at radius 3 is 2.38 bits per heavy atom. The third-order valence-electron chi connectivity index (χ3n) is 5.03. The number of rotatable bonds is 7. The lowest BCUT2D eigenvalue weighted by Gasteiger charge is -2.22. The minimum Gasteiger partial charge on any atom is -0.352 e. The predicted molar refractivity (Wildman–Crippen MR) is 106 cm³/mol. The van der Waals surface area contributed by atoms with Crippen LogP contribution in [0.1, 0.15) is 48.0 Å². The van der Waals surface area contributed by atoms with Crippen LogP contribution in [-0.2, 0) is 16.4 Å². The van der Waals surface area contributed by atoms with E-state index in [1.54, 1.807) is 12.1 Å². The topological polar surface area (TPSA) is 75.3 Å². The normalized spacial score (nSPS) is 15.2. The molecular weight excluding hydrogens is 398 g/mol. The molecule has 0 bridgehead atoms. The highest BCUT2D eigenvalue weighted by atomic mass is 32.2. The summed E-state index contributed by atoms with van der Waals surface area (Å²) in [6.07, 6.45) is 5.38. The molecule has 0 atom stereocenters. The van der Waals surface area contributed by atoms with Crippen molar-refractivity contribution in [3.05, 3.63) is 65.2 Å². The van der Waals surface area contributed by atoms with E-state index in [2.05, 4.69) is 10.0 Å². The lowest BCUT2D eigenvalue weighted by Crippen LogP contribution is -2.36. The Morgan fingerprint density at radius 2 is 1.69 bits per heavy atom. The van der Waals surface area contributed by atoms with Crippen LogP contribution >= 0.6 is 0 Å². The van der Waals surface area contributed by atoms with E-state index in [1.165, 1.54) is 12.1 Å². The van der Waals surface area contributed by atoms with E-state index in [0.29, 0.717) is 6.42 Å². The van der Waals surface area contributed by atoms with Crippen molar-refractivity contribution in [2.75, 3.05) is 6.54 Å². The molecular formula is C21H24F2N2O3S. The molecule has 0 unspecified atom stereocenters. The van der Waals surface area contributed by atoms with Gasteiger partial charge in [0.05, 0.1) is 10.5 Å². The third kappa shape index (κ3) is 5.83. The van der Waals surface area contributed by atoms with Gasteiger partial charge in [0.25, 0.3) is 5.91 Å². The van der Waals surface area contributed by atoms with Crippen molar-refractivity contribution in [2.45, 2.75) is 49.5 Å². The maximum absolute atomic E-state index is 13.6. The zero-order valence-corrected chi connectivity index (χ0v) is 16.8. The fourth-order valence-corrected chi connectivity index (χ4v) is 4.74. The van der Waals surface area contributed by atoms with Gasteiger partial charge >= 0.3 is 0 Å². The Kier molecular flexibility index (Phi) is 6.97. The smallest absolute Gasteiger partial charge is 0.254 e. The van der Waals surface area contributed by atoms with Crippen molar-refractivity contribution in [3.63, 3.8) is 0 Å². The van der Waals surface area contributed by atoms with Gasteiger partial charge in [-0.25, -0.2) is 21.9 Å². The molecule has 0 aromatic heterocycles. The highest BCUT2D eigenvalue weighted by Crippen LogP contribution is 2.20. The quantitative estimate of drug-likeness (QED) is 0.717. The number of hydrogen-bond donors (Lipinski definition) is 2. The second-order valence-electron chi connectivity index (χ2n) is 7.23. The van der Waals surface area contributed by atoms with Gasteiger partial charge in [-0.15, -0.1) is 0 Å². The van der Waals surface area contributed by atoms with Crippen molar-refractivity contribution >= 4 is 15.9 Å². The molecule has 2 N–H and O–H groups in total. The number of halogens is 2. The summed E-state index contributed by atoms with van der Waals surface area (Å²) in [6, 6.07) is 9.14. The van der Waals surface area contributed by atoms with Crippen LogP contribution < -0.4 is 10.0 Å². The molecule has 2 aromatic carbocycles. The molecule has 156 valence electrons. The Labute approximate surface area is 169 Å². The zero-order valence-electron chi connectivity index (χ0n) is 16.0. The predicted octanol–water partition coefficient (Wildman–Crippen LogP) is 3.55. The number of hydrogen-bond acceptors (Lipinski definition) is 3. The summed E-state index contributed by atoms with van der Waals surface area (Å²) in [5, 5.41) is 2.54. The highest BCUT2D eigenvalue weighted by molar-refractivity contribution is 7.89. The average Bonchev–Trinajstić information content (AvgIpc) is 2.70. The molecule has 0 radical (unpaired) electrons. The first kappa shape index (κ1) is 21.4. The summed E-state index contributed by atoms with van der Waals surface area (Å²) in [5.41, 5.74) is 0.474. The fourth-order valence-electron chi connectivity index (χ4n) is 3.43. The van der Waals surface area contributed by atoms with Crippen LogP contribution in [0.2, 0.25) is 0 Å². The molecule has 0 saturated heterocycles. The van der Waals surface area contributed by atoms with Crippen LogP contribution in [0.25, 0.3) is 0 Å². The number of amides is 1. The molecule has 1 amide bonds. The maximum atomic E-state index is 13.6. The van der Waals surface area contributed by atoms with Gasteiger partial charge in [-0.3, -0.25) is 4.79 Å². The van der Waals surface area contributed by atoms with Gasteiger partial charge in [-0.1, -0.05) is 31.4 Å². The van der Waals surface area contributed by atoms with Crippen LogP contribution in [0, 0.1) is 11.6 Å². The Bertz CT molecular complexity index is 956. The van der Waals surface area contributed by atoms with Crippen LogP contribution in [-0.4, -0.2) is 26.9 Å². The van der Waals surface area contributed by atoms with Gasteiger partial charge in [-0.05, 0) is 55.2 Å². The van der Waals surface area contributed by atoms with Gasteiger partial charge in [-0.2, -0.15) is 0 Å². The average molecular weight is 422 g/mol. The van der Waals surface area contributed by atoms with Crippen LogP contribution in [0.4, 0.5) is 8.78 Å². The summed E-state index contributed by atoms with van der Waals surface area (Å²) >= 11 is 0. The number of benzene rings is 2. The van der Waals surface area contributed by atoms with Crippen molar-refractivity contribution in [2.24, 2.45) is 0 Å². The summed E-state index contributed by atoms with van der Waals surface area (Å²) in [6.45, 7) is 0.210. The summed E-state index contributed by atoms with van der Waals surface area (Å²) in [7, 11) is -3.55. The lowest BCUT2D eigenvalue weighted by molar-refractivity contribution is 0.0949. The van der Waals surface area contributed by atoms with Gasteiger partial charge in [0.2, 0.25) is 10.0 Å². The van der Waals surface area contributed by atoms with Crippen molar-refractivity contribution in [1.29, 1.82) is 0 Å². The lowest BCUT2D eigenvalue weighted by atomic mass is 9.96. The van der Waals surface area contributed by atoms with E-state index >= 15 is 0 Å². The molecule has 3 rings (SSSR count). The number of carbonyl (C=O) groups is 1. The van der Waals surface area contributed by atoms with E-state index in [9.17, 15) is 22.0 Å². The van der Waals surface area contributed by atoms with E-state index in [-0.39, 0.29) is 23.0 Å². The van der Waals surface area contributed by atoms with E-state index < -0.39 is 27.6 Å². The molecule has 0 aliphatic heterocycles. The van der Waals surface area contributed by atoms with Gasteiger partial charge in [0.15, 0.2) is 0 Å². The zero-order chi connectivity index (χ0) is 20.9. The second kappa shape index (κ2) is 9.45. The standard InChI is InChI=1S/C21H24F2N2O3S/c22-16-8-11-20(23)19(14-16)21(26)24-13-12-15-6-9-18(10-7-15)29(27,28)25-17-4-2-1-3-5-17/h6-11,14,17,25H,1-5,12-13H2,(H,24,26). The first-order chi connectivity index (χ1) is 13.8. The molecule has 2 aromatic rings. The second-order valence-corrected chi connectivity index (χ2v) is 8.94. The van der Waals surface area contributed by atoms with E-state index in [0.717, 1.165) is 55.9 Å². The molecule has 0 spiro atoms. The van der Waals surface area contributed by atoms with Crippen LogP contribution in [0.15, 0.2) is 47.4 Å². The summed E-state index contributed by atoms with van der Waals surface area (Å²) < 4.78 is 54.5. The van der Waals surface area contributed by atoms with Crippen LogP contribution in [0.5, 0.6) is 0 Å². The van der Waals surface area contributed by atoms with Crippen molar-refractivity contribution < 1.29 is 22.0 Å². The van der Waals surface area contributed by atoms with E-state index in [4.69, 9.17) is 0 Å². The van der Waals surface area contributed by atoms with Crippen molar-refractivity contribution in [1.82, 2.24) is 10.0 Å². The number of carbonyl (C=O) groups excluding carboxylic acids is 1. The minimum atomic E-state index is -3.55. The molecule has 1 aliphatic carbocycles. The third-order valence-corrected chi connectivity index (χ3v) is 6.57. The molecule has 1 fully saturated rings. The Hall–Kier alpha value is -2.32. The maximum Gasteiger partial charge on any atom is 0.254 e. The van der Waals surface area contributed by atoms with E-state index in [1.807, 2.05) is 0 Å². The van der Waals surface area contributed by atoms with Crippen LogP contribution in [0.3, 0.4) is 0 Å². The minimum absolute atomic E-state index is 0.00754. The molecule has 8 heteroatoms. The first-order valence-electron chi connectivity index (χ1n) is 9.70. The number of sulfonamides is 1. The summed E-state index contributed by atoms with van der Waals surface area (Å²) in [5.74, 6) is -2.17. The van der Waals surface area contributed by atoms with Gasteiger partial charge in [0, 0.05) is 12.6 Å². The Morgan fingerprint density at radius 1 is 1.00 bits per heavy atom. The van der Waals surface area contributed by atoms with Gasteiger partial charge in [0.1, 0.15) is 11.6 Å². The SMILES string of the molecule is O=C(NCCc1ccc(S(=O)(=O)NC2CCCCC2)cc1)c1cc(F)ccc1F. The molecule has 29 heavy (non-hydrogen) atoms. The molecule has 1 aliphatic rings. The largest absolute Gasteiger partial charge is 0.352 e. The molecule has 5 nitrogen and oxygen atoms in total. The molecule has 1 saturated carbocycles. The van der Waals surface area contributed by atoms with Gasteiger partial charge < -0.3 is 5.32 Å². The fraction of sp³-hybridized carbons (Fsp3) is 0.381. The summed E-state index contributed by atoms with van der Waals surface area (Å²) in [4.78, 5) is 12.2. The Balaban J connectivity index is 1.53. The highest BCUT2D eigenvalue weighted by Gasteiger charge is 2.21.